The molecule has 0 spiro atoms. The maximum Gasteiger partial charge on any atom is 0.346 e. The van der Waals surface area contributed by atoms with Crippen molar-refractivity contribution in [3.8, 4) is 12.3 Å². The lowest BCUT2D eigenvalue weighted by molar-refractivity contribution is 0.204. The average Bonchev–Trinajstić information content (AvgIpc) is 2.92. The first-order valence-electron chi connectivity index (χ1n) is 6.33. The van der Waals surface area contributed by atoms with Crippen LogP contribution in [-0.2, 0) is 9.84 Å². The summed E-state index contributed by atoms with van der Waals surface area (Å²) in [4.78, 5) is 17.1. The van der Waals surface area contributed by atoms with E-state index in [1.54, 1.807) is 6.92 Å². The third kappa shape index (κ3) is 3.81. The molecule has 0 saturated heterocycles. The largest absolute Gasteiger partial charge is 0.346 e. The summed E-state index contributed by atoms with van der Waals surface area (Å²) in [5, 5.41) is 3.42. The lowest BCUT2D eigenvalue weighted by Crippen LogP contribution is -2.35. The van der Waals surface area contributed by atoms with Gasteiger partial charge >= 0.3 is 6.03 Å². The molecule has 0 aliphatic carbocycles. The first-order valence-corrected chi connectivity index (χ1v) is 7.98. The molecule has 1 amide bonds. The Balaban J connectivity index is 2.92. The summed E-state index contributed by atoms with van der Waals surface area (Å²) in [7, 11) is -3.53. The minimum atomic E-state index is -3.53. The van der Waals surface area contributed by atoms with Crippen LogP contribution in [-0.4, -0.2) is 53.0 Å². The number of carbonyl (C=O) groups excluding carboxylic acids is 1. The van der Waals surface area contributed by atoms with E-state index in [1.807, 2.05) is 6.92 Å². The van der Waals surface area contributed by atoms with Crippen molar-refractivity contribution in [1.29, 1.82) is 0 Å². The standard InChI is InChI=1S/C12H18N4O3S/c1-4-7-9-20(18,19)11-13-10-16(14-11)12(17)15(6-3)8-5-2/h2,10H,4,6-9H2,1,3H3. The van der Waals surface area contributed by atoms with Gasteiger partial charge in [-0.2, -0.15) is 4.68 Å². The highest BCUT2D eigenvalue weighted by atomic mass is 32.2. The molecule has 0 aliphatic rings. The van der Waals surface area contributed by atoms with Crippen molar-refractivity contribution >= 4 is 15.9 Å². The van der Waals surface area contributed by atoms with Crippen molar-refractivity contribution in [2.24, 2.45) is 0 Å². The average molecular weight is 298 g/mol. The fourth-order valence-corrected chi connectivity index (χ4v) is 2.75. The minimum absolute atomic E-state index is 0.0243. The predicted molar refractivity (Wildman–Crippen MR) is 73.9 cm³/mol. The van der Waals surface area contributed by atoms with E-state index >= 15 is 0 Å². The normalized spacial score (nSPS) is 11.1. The Hall–Kier alpha value is -1.88. The predicted octanol–water partition coefficient (Wildman–Crippen LogP) is 0.775. The monoisotopic (exact) mass is 298 g/mol. The number of hydrogen-bond acceptors (Lipinski definition) is 5. The van der Waals surface area contributed by atoms with Crippen LogP contribution in [0.5, 0.6) is 0 Å². The lowest BCUT2D eigenvalue weighted by atomic mass is 10.4. The second-order valence-corrected chi connectivity index (χ2v) is 6.15. The molecule has 8 heteroatoms. The van der Waals surface area contributed by atoms with Crippen LogP contribution in [0.4, 0.5) is 4.79 Å². The maximum atomic E-state index is 12.0. The summed E-state index contributed by atoms with van der Waals surface area (Å²) in [5.41, 5.74) is 0. The van der Waals surface area contributed by atoms with E-state index in [0.29, 0.717) is 13.0 Å². The van der Waals surface area contributed by atoms with Crippen LogP contribution < -0.4 is 0 Å². The van der Waals surface area contributed by atoms with E-state index in [2.05, 4.69) is 16.0 Å². The van der Waals surface area contributed by atoms with Crippen LogP contribution in [0.15, 0.2) is 11.5 Å². The van der Waals surface area contributed by atoms with Crippen LogP contribution >= 0.6 is 0 Å². The highest BCUT2D eigenvalue weighted by Crippen LogP contribution is 2.07. The molecule has 0 atom stereocenters. The zero-order valence-corrected chi connectivity index (χ0v) is 12.4. The smallest absolute Gasteiger partial charge is 0.312 e. The van der Waals surface area contributed by atoms with Gasteiger partial charge in [-0.15, -0.1) is 11.5 Å². The fraction of sp³-hybridized carbons (Fsp3) is 0.583. The van der Waals surface area contributed by atoms with Gasteiger partial charge in [-0.25, -0.2) is 18.2 Å². The van der Waals surface area contributed by atoms with Crippen LogP contribution in [0.2, 0.25) is 0 Å². The fourth-order valence-electron chi connectivity index (χ4n) is 1.48. The van der Waals surface area contributed by atoms with Crippen molar-refractivity contribution in [1.82, 2.24) is 19.7 Å². The molecule has 1 aromatic rings. The Morgan fingerprint density at radius 3 is 2.75 bits per heavy atom. The number of hydrogen-bond donors (Lipinski definition) is 0. The summed E-state index contributed by atoms with van der Waals surface area (Å²) in [6.07, 6.45) is 7.55. The minimum Gasteiger partial charge on any atom is -0.312 e. The van der Waals surface area contributed by atoms with Crippen LogP contribution in [0, 0.1) is 12.3 Å². The van der Waals surface area contributed by atoms with Crippen LogP contribution in [0.1, 0.15) is 26.7 Å². The molecular weight excluding hydrogens is 280 g/mol. The van der Waals surface area contributed by atoms with E-state index in [1.165, 1.54) is 4.90 Å². The van der Waals surface area contributed by atoms with Gasteiger partial charge in [0.1, 0.15) is 6.33 Å². The first-order chi connectivity index (χ1) is 9.46. The summed E-state index contributed by atoms with van der Waals surface area (Å²) in [6, 6.07) is -0.491. The van der Waals surface area contributed by atoms with E-state index in [9.17, 15) is 13.2 Å². The summed E-state index contributed by atoms with van der Waals surface area (Å²) < 4.78 is 24.7. The summed E-state index contributed by atoms with van der Waals surface area (Å²) >= 11 is 0. The van der Waals surface area contributed by atoms with Gasteiger partial charge in [0, 0.05) is 6.54 Å². The highest BCUT2D eigenvalue weighted by molar-refractivity contribution is 7.91. The number of amides is 1. The number of nitrogens with zero attached hydrogens (tertiary/aromatic N) is 4. The Kier molecular flexibility index (Phi) is 5.70. The molecule has 1 heterocycles. The van der Waals surface area contributed by atoms with Crippen molar-refractivity contribution in [3.63, 3.8) is 0 Å². The zero-order chi connectivity index (χ0) is 15.2. The molecule has 110 valence electrons. The molecule has 0 N–H and O–H groups in total. The molecule has 1 rings (SSSR count). The Morgan fingerprint density at radius 1 is 1.50 bits per heavy atom. The van der Waals surface area contributed by atoms with E-state index in [4.69, 9.17) is 6.42 Å². The number of rotatable bonds is 6. The van der Waals surface area contributed by atoms with E-state index < -0.39 is 15.9 Å². The lowest BCUT2D eigenvalue weighted by Gasteiger charge is -2.16. The molecule has 7 nitrogen and oxygen atoms in total. The topological polar surface area (TPSA) is 85.2 Å². The van der Waals surface area contributed by atoms with E-state index in [-0.39, 0.29) is 17.5 Å². The SMILES string of the molecule is C#CCN(CC)C(=O)n1cnc(S(=O)(=O)CCCC)n1. The van der Waals surface area contributed by atoms with Gasteiger partial charge in [-0.3, -0.25) is 0 Å². The number of terminal acetylenes is 1. The second kappa shape index (κ2) is 7.05. The van der Waals surface area contributed by atoms with Crippen LogP contribution in [0.3, 0.4) is 0 Å². The van der Waals surface area contributed by atoms with E-state index in [0.717, 1.165) is 17.4 Å². The Labute approximate surface area is 118 Å². The van der Waals surface area contributed by atoms with Gasteiger partial charge in [0.2, 0.25) is 9.84 Å². The van der Waals surface area contributed by atoms with Gasteiger partial charge in [-0.05, 0) is 13.3 Å². The number of sulfone groups is 1. The molecular formula is C12H18N4O3S. The van der Waals surface area contributed by atoms with Gasteiger partial charge in [0.25, 0.3) is 5.16 Å². The van der Waals surface area contributed by atoms with Gasteiger partial charge in [0.15, 0.2) is 0 Å². The van der Waals surface area contributed by atoms with Gasteiger partial charge < -0.3 is 4.90 Å². The first kappa shape index (κ1) is 16.2. The Bertz CT molecular complexity index is 600. The number of carbonyl (C=O) groups is 1. The molecule has 0 radical (unpaired) electrons. The number of unbranched alkanes of at least 4 members (excludes halogenated alkanes) is 1. The van der Waals surface area contributed by atoms with Crippen molar-refractivity contribution in [2.75, 3.05) is 18.8 Å². The molecule has 1 aromatic heterocycles. The van der Waals surface area contributed by atoms with Gasteiger partial charge in [-0.1, -0.05) is 19.3 Å². The molecule has 0 fully saturated rings. The summed E-state index contributed by atoms with van der Waals surface area (Å²) in [5.74, 6) is 2.34. The van der Waals surface area contributed by atoms with Crippen LogP contribution in [0.25, 0.3) is 0 Å². The third-order valence-electron chi connectivity index (χ3n) is 2.65. The molecule has 0 aromatic carbocycles. The van der Waals surface area contributed by atoms with Crippen molar-refractivity contribution in [3.05, 3.63) is 6.33 Å². The molecule has 0 aliphatic heterocycles. The molecule has 0 bridgehead atoms. The third-order valence-corrected chi connectivity index (χ3v) is 4.22. The zero-order valence-electron chi connectivity index (χ0n) is 11.6. The molecule has 0 saturated carbocycles. The second-order valence-electron chi connectivity index (χ2n) is 4.15. The highest BCUT2D eigenvalue weighted by Gasteiger charge is 2.22. The molecule has 20 heavy (non-hydrogen) atoms. The number of aromatic nitrogens is 3. The van der Waals surface area contributed by atoms with Crippen molar-refractivity contribution < 1.29 is 13.2 Å². The summed E-state index contributed by atoms with van der Waals surface area (Å²) in [6.45, 7) is 4.20. The quantitative estimate of drug-likeness (QED) is 0.724. The van der Waals surface area contributed by atoms with Crippen molar-refractivity contribution in [2.45, 2.75) is 31.8 Å². The Morgan fingerprint density at radius 2 is 2.20 bits per heavy atom. The van der Waals surface area contributed by atoms with Gasteiger partial charge in [0.05, 0.1) is 12.3 Å². The molecule has 0 unspecified atom stereocenters. The maximum absolute atomic E-state index is 12.0.